The molecular formula is C15H26ClN3. The van der Waals surface area contributed by atoms with Crippen LogP contribution in [0.1, 0.15) is 57.3 Å². The van der Waals surface area contributed by atoms with Crippen molar-refractivity contribution in [3.8, 4) is 0 Å². The smallest absolute Gasteiger partial charge is 0.0850 e. The third kappa shape index (κ3) is 3.14. The molecule has 0 radical (unpaired) electrons. The Kier molecular flexibility index (Phi) is 4.57. The predicted molar refractivity (Wildman–Crippen MR) is 80.5 cm³/mol. The molecule has 0 bridgehead atoms. The van der Waals surface area contributed by atoms with Crippen molar-refractivity contribution in [3.05, 3.63) is 16.4 Å². The minimum atomic E-state index is -0.0959. The van der Waals surface area contributed by atoms with Crippen LogP contribution in [-0.4, -0.2) is 15.3 Å². The number of nitrogens with zero attached hydrogens (tertiary/aromatic N) is 2. The molecule has 0 spiro atoms. The van der Waals surface area contributed by atoms with Crippen molar-refractivity contribution in [3.63, 3.8) is 0 Å². The Labute approximate surface area is 121 Å². The number of hydrogen-bond donors (Lipinski definition) is 1. The largest absolute Gasteiger partial charge is 0.325 e. The number of nitrogens with two attached hydrogens (primary N) is 1. The molecule has 1 fully saturated rings. The van der Waals surface area contributed by atoms with E-state index in [2.05, 4.69) is 18.9 Å². The number of halogens is 1. The summed E-state index contributed by atoms with van der Waals surface area (Å²) in [7, 11) is 1.98. The summed E-state index contributed by atoms with van der Waals surface area (Å²) >= 11 is 6.44. The second-order valence-corrected chi connectivity index (χ2v) is 6.47. The van der Waals surface area contributed by atoms with E-state index in [0.717, 1.165) is 48.0 Å². The summed E-state index contributed by atoms with van der Waals surface area (Å²) in [4.78, 5) is 0. The number of rotatable bonds is 4. The molecule has 0 aromatic carbocycles. The van der Waals surface area contributed by atoms with E-state index in [0.29, 0.717) is 0 Å². The third-order valence-electron chi connectivity index (χ3n) is 4.58. The summed E-state index contributed by atoms with van der Waals surface area (Å²) in [6.07, 6.45) is 7.75. The van der Waals surface area contributed by atoms with Gasteiger partial charge in [-0.3, -0.25) is 4.68 Å². The average molecular weight is 284 g/mol. The zero-order valence-corrected chi connectivity index (χ0v) is 13.1. The monoisotopic (exact) mass is 283 g/mol. The first-order valence-corrected chi connectivity index (χ1v) is 7.86. The molecule has 0 aliphatic heterocycles. The molecule has 1 heterocycles. The summed E-state index contributed by atoms with van der Waals surface area (Å²) in [6, 6.07) is 0. The van der Waals surface area contributed by atoms with Crippen molar-refractivity contribution in [2.24, 2.45) is 18.7 Å². The molecule has 0 amide bonds. The van der Waals surface area contributed by atoms with E-state index in [1.165, 1.54) is 19.3 Å². The normalized spacial score (nSPS) is 27.7. The fraction of sp³-hybridized carbons (Fsp3) is 0.800. The summed E-state index contributed by atoms with van der Waals surface area (Å²) in [5, 5.41) is 5.32. The van der Waals surface area contributed by atoms with Gasteiger partial charge in [0.15, 0.2) is 0 Å². The van der Waals surface area contributed by atoms with E-state index in [1.54, 1.807) is 0 Å². The first-order valence-electron chi connectivity index (χ1n) is 7.48. The molecule has 3 nitrogen and oxygen atoms in total. The standard InChI is InChI=1S/C15H26ClN3/c1-4-11-7-6-8-15(17,9-11)10-13-14(16)12(5-2)18-19(13)3/h11H,4-10,17H2,1-3H3. The van der Waals surface area contributed by atoms with Crippen molar-refractivity contribution in [1.29, 1.82) is 0 Å². The van der Waals surface area contributed by atoms with Gasteiger partial charge in [0, 0.05) is 19.0 Å². The van der Waals surface area contributed by atoms with Gasteiger partial charge in [-0.15, -0.1) is 0 Å². The highest BCUT2D eigenvalue weighted by molar-refractivity contribution is 6.31. The van der Waals surface area contributed by atoms with Crippen molar-refractivity contribution in [2.45, 2.75) is 64.3 Å². The topological polar surface area (TPSA) is 43.8 Å². The Balaban J connectivity index is 2.18. The van der Waals surface area contributed by atoms with E-state index >= 15 is 0 Å². The highest BCUT2D eigenvalue weighted by atomic mass is 35.5. The molecule has 1 saturated carbocycles. The van der Waals surface area contributed by atoms with Crippen LogP contribution in [0.25, 0.3) is 0 Å². The lowest BCUT2D eigenvalue weighted by Crippen LogP contribution is -2.46. The van der Waals surface area contributed by atoms with Crippen LogP contribution in [-0.2, 0) is 19.9 Å². The number of aryl methyl sites for hydroxylation is 2. The van der Waals surface area contributed by atoms with Crippen LogP contribution >= 0.6 is 11.6 Å². The maximum Gasteiger partial charge on any atom is 0.0850 e. The SMILES string of the molecule is CCc1nn(C)c(CC2(N)CCCC(CC)C2)c1Cl. The van der Waals surface area contributed by atoms with Crippen molar-refractivity contribution >= 4 is 11.6 Å². The Morgan fingerprint density at radius 3 is 2.79 bits per heavy atom. The molecule has 1 aliphatic carbocycles. The lowest BCUT2D eigenvalue weighted by Gasteiger charge is -2.38. The summed E-state index contributed by atoms with van der Waals surface area (Å²) < 4.78 is 1.92. The van der Waals surface area contributed by atoms with Crippen molar-refractivity contribution in [2.75, 3.05) is 0 Å². The van der Waals surface area contributed by atoms with Crippen LogP contribution in [0.15, 0.2) is 0 Å². The molecule has 108 valence electrons. The molecule has 2 rings (SSSR count). The van der Waals surface area contributed by atoms with Gasteiger partial charge in [-0.25, -0.2) is 0 Å². The molecule has 1 aromatic rings. The van der Waals surface area contributed by atoms with Gasteiger partial charge in [0.25, 0.3) is 0 Å². The summed E-state index contributed by atoms with van der Waals surface area (Å²) in [6.45, 7) is 4.35. The van der Waals surface area contributed by atoms with Crippen LogP contribution < -0.4 is 5.73 Å². The maximum absolute atomic E-state index is 6.65. The molecule has 19 heavy (non-hydrogen) atoms. The maximum atomic E-state index is 6.65. The van der Waals surface area contributed by atoms with Gasteiger partial charge in [0.1, 0.15) is 0 Å². The van der Waals surface area contributed by atoms with Gasteiger partial charge in [-0.1, -0.05) is 44.7 Å². The molecule has 2 N–H and O–H groups in total. The molecule has 4 heteroatoms. The third-order valence-corrected chi connectivity index (χ3v) is 5.02. The minimum Gasteiger partial charge on any atom is -0.325 e. The molecule has 1 aliphatic rings. The highest BCUT2D eigenvalue weighted by Crippen LogP contribution is 2.36. The molecule has 0 saturated heterocycles. The molecule has 1 aromatic heterocycles. The predicted octanol–water partition coefficient (Wildman–Crippen LogP) is 3.48. The zero-order valence-electron chi connectivity index (χ0n) is 12.4. The highest BCUT2D eigenvalue weighted by Gasteiger charge is 2.34. The zero-order chi connectivity index (χ0) is 14.0. The van der Waals surface area contributed by atoms with Crippen LogP contribution in [0.5, 0.6) is 0 Å². The number of hydrogen-bond acceptors (Lipinski definition) is 2. The van der Waals surface area contributed by atoms with Gasteiger partial charge in [-0.2, -0.15) is 5.10 Å². The fourth-order valence-electron chi connectivity index (χ4n) is 3.38. The van der Waals surface area contributed by atoms with Crippen molar-refractivity contribution < 1.29 is 0 Å². The Hall–Kier alpha value is -0.540. The van der Waals surface area contributed by atoms with Crippen LogP contribution in [0.3, 0.4) is 0 Å². The summed E-state index contributed by atoms with van der Waals surface area (Å²) in [5.41, 5.74) is 8.65. The Morgan fingerprint density at radius 1 is 1.47 bits per heavy atom. The van der Waals surface area contributed by atoms with Crippen LogP contribution in [0.4, 0.5) is 0 Å². The summed E-state index contributed by atoms with van der Waals surface area (Å²) in [5.74, 6) is 0.774. The van der Waals surface area contributed by atoms with Crippen LogP contribution in [0.2, 0.25) is 5.02 Å². The van der Waals surface area contributed by atoms with E-state index in [4.69, 9.17) is 17.3 Å². The molecule has 2 unspecified atom stereocenters. The second-order valence-electron chi connectivity index (χ2n) is 6.09. The first-order chi connectivity index (χ1) is 8.99. The van der Waals surface area contributed by atoms with Crippen LogP contribution in [0, 0.1) is 5.92 Å². The van der Waals surface area contributed by atoms with E-state index < -0.39 is 0 Å². The molecule has 2 atom stereocenters. The Morgan fingerprint density at radius 2 is 2.21 bits per heavy atom. The number of aromatic nitrogens is 2. The van der Waals surface area contributed by atoms with E-state index in [-0.39, 0.29) is 5.54 Å². The lowest BCUT2D eigenvalue weighted by atomic mass is 9.73. The average Bonchev–Trinajstić information content (AvgIpc) is 2.66. The van der Waals surface area contributed by atoms with E-state index in [9.17, 15) is 0 Å². The van der Waals surface area contributed by atoms with Gasteiger partial charge >= 0.3 is 0 Å². The van der Waals surface area contributed by atoms with E-state index in [1.807, 2.05) is 11.7 Å². The van der Waals surface area contributed by atoms with Crippen molar-refractivity contribution in [1.82, 2.24) is 9.78 Å². The van der Waals surface area contributed by atoms with Gasteiger partial charge < -0.3 is 5.73 Å². The molecular weight excluding hydrogens is 258 g/mol. The first kappa shape index (κ1) is 14.9. The fourth-order valence-corrected chi connectivity index (χ4v) is 3.74. The van der Waals surface area contributed by atoms with Gasteiger partial charge in [-0.05, 0) is 25.2 Å². The quantitative estimate of drug-likeness (QED) is 0.919. The lowest BCUT2D eigenvalue weighted by molar-refractivity contribution is 0.216. The van der Waals surface area contributed by atoms with Gasteiger partial charge in [0.2, 0.25) is 0 Å². The van der Waals surface area contributed by atoms with Gasteiger partial charge in [0.05, 0.1) is 16.4 Å². The Bertz CT molecular complexity index is 441. The second kappa shape index (κ2) is 5.84. The minimum absolute atomic E-state index is 0.0959.